The molecular formula is C41H66N2O6. The first kappa shape index (κ1) is 38.1. The molecule has 5 aliphatic heterocycles. The van der Waals surface area contributed by atoms with Crippen molar-refractivity contribution >= 4 is 12.1 Å². The number of allylic oxidation sites excluding steroid dienone is 3. The number of carbonyl (C=O) groups excluding carboxylic acids is 2. The van der Waals surface area contributed by atoms with Gasteiger partial charge < -0.3 is 28.7 Å². The first-order valence-corrected chi connectivity index (χ1v) is 20.0. The molecule has 1 amide bonds. The minimum Gasteiger partial charge on any atom is -0.457 e. The van der Waals surface area contributed by atoms with E-state index in [2.05, 4.69) is 56.1 Å². The van der Waals surface area contributed by atoms with E-state index in [1.165, 1.54) is 50.8 Å². The van der Waals surface area contributed by atoms with E-state index in [1.807, 2.05) is 4.90 Å². The Morgan fingerprint density at radius 1 is 0.837 bits per heavy atom. The molecule has 0 radical (unpaired) electrons. The summed E-state index contributed by atoms with van der Waals surface area (Å²) in [7, 11) is 0. The molecule has 0 spiro atoms. The van der Waals surface area contributed by atoms with Crippen LogP contribution in [0.25, 0.3) is 0 Å². The van der Waals surface area contributed by atoms with E-state index in [4.69, 9.17) is 18.9 Å². The van der Waals surface area contributed by atoms with Crippen LogP contribution in [0, 0.1) is 11.8 Å². The molecule has 4 saturated heterocycles. The molecule has 5 rings (SSSR count). The maximum Gasteiger partial charge on any atom is 0.409 e. The van der Waals surface area contributed by atoms with Gasteiger partial charge in [0, 0.05) is 31.5 Å². The van der Waals surface area contributed by atoms with E-state index in [0.717, 1.165) is 83.7 Å². The average molecular weight is 683 g/mol. The summed E-state index contributed by atoms with van der Waals surface area (Å²) in [6, 6.07) is 0.618. The summed E-state index contributed by atoms with van der Waals surface area (Å²) >= 11 is 0. The van der Waals surface area contributed by atoms with Crippen molar-refractivity contribution in [3.05, 3.63) is 36.0 Å². The standard InChI is InChI=1S/C41H66N2O6/c1-4-33-27-37-29-36-15-13-14-35(47-36)26-31(2)17-18-32(3)39(49-40(44)30-38(28-33)48-37)16-9-5-8-12-25-46-41(45)43-23-19-34(20-24-43)42-21-10-6-7-11-22-42/h4,9,16-18,31-32,34-39H,5-8,10-15,19-30H2,1-3H3/b16-9+,18-17+,33-4-. The van der Waals surface area contributed by atoms with Gasteiger partial charge in [-0.05, 0) is 115 Å². The number of likely N-dealkylation sites (tertiary alicyclic amines) is 2. The summed E-state index contributed by atoms with van der Waals surface area (Å²) in [5.74, 6) is 0.233. The van der Waals surface area contributed by atoms with Crippen LogP contribution in [0.5, 0.6) is 0 Å². The Morgan fingerprint density at radius 2 is 1.55 bits per heavy atom. The SMILES string of the molecule is C/C=C1\CC2CC(=O)OC(/C=C/CCCCOC(=O)N3CCC(N4CCCCCC4)CC3)C(C)/C=C/C(C)CC3CCCC(CC(C1)O2)O3. The fraction of sp³-hybridized carbons (Fsp3) is 0.805. The van der Waals surface area contributed by atoms with E-state index < -0.39 is 0 Å². The third kappa shape index (κ3) is 12.5. The molecule has 4 fully saturated rings. The molecule has 0 aromatic heterocycles. The number of cyclic esters (lactones) is 1. The van der Waals surface area contributed by atoms with Gasteiger partial charge in [-0.3, -0.25) is 4.79 Å². The highest BCUT2D eigenvalue weighted by Gasteiger charge is 2.33. The minimum absolute atomic E-state index is 0.0474. The van der Waals surface area contributed by atoms with Crippen LogP contribution in [0.2, 0.25) is 0 Å². The Balaban J connectivity index is 1.08. The second-order valence-corrected chi connectivity index (χ2v) is 15.6. The molecule has 0 aliphatic carbocycles. The molecule has 49 heavy (non-hydrogen) atoms. The van der Waals surface area contributed by atoms with Gasteiger partial charge in [-0.2, -0.15) is 0 Å². The second kappa shape index (κ2) is 20.0. The number of ether oxygens (including phenoxy) is 4. The first-order chi connectivity index (χ1) is 23.9. The van der Waals surface area contributed by atoms with E-state index >= 15 is 0 Å². The average Bonchev–Trinajstić information content (AvgIpc) is 3.39. The van der Waals surface area contributed by atoms with Crippen LogP contribution in [0.1, 0.15) is 130 Å². The highest BCUT2D eigenvalue weighted by Crippen LogP contribution is 2.33. The molecule has 7 unspecified atom stereocenters. The highest BCUT2D eigenvalue weighted by atomic mass is 16.6. The number of fused-ring (bicyclic) bond motifs is 4. The maximum absolute atomic E-state index is 13.3. The van der Waals surface area contributed by atoms with Gasteiger partial charge in [0.25, 0.3) is 0 Å². The first-order valence-electron chi connectivity index (χ1n) is 20.0. The lowest BCUT2D eigenvalue weighted by Gasteiger charge is -2.37. The third-order valence-corrected chi connectivity index (χ3v) is 11.5. The molecule has 7 atom stereocenters. The number of hydrogen-bond donors (Lipinski definition) is 0. The van der Waals surface area contributed by atoms with Crippen molar-refractivity contribution in [2.24, 2.45) is 11.8 Å². The summed E-state index contributed by atoms with van der Waals surface area (Å²) in [6.07, 6.45) is 28.1. The van der Waals surface area contributed by atoms with Gasteiger partial charge in [-0.15, -0.1) is 0 Å². The van der Waals surface area contributed by atoms with Crippen molar-refractivity contribution in [1.29, 1.82) is 0 Å². The maximum atomic E-state index is 13.3. The van der Waals surface area contributed by atoms with Crippen molar-refractivity contribution in [3.8, 4) is 0 Å². The molecule has 5 heterocycles. The Bertz CT molecular complexity index is 1110. The number of unbranched alkanes of at least 4 members (excludes halogenated alkanes) is 2. The van der Waals surface area contributed by atoms with Crippen LogP contribution in [0.4, 0.5) is 4.79 Å². The lowest BCUT2D eigenvalue weighted by Crippen LogP contribution is -2.47. The van der Waals surface area contributed by atoms with Gasteiger partial charge in [-0.1, -0.05) is 56.6 Å². The van der Waals surface area contributed by atoms with Crippen molar-refractivity contribution in [3.63, 3.8) is 0 Å². The minimum atomic E-state index is -0.338. The summed E-state index contributed by atoms with van der Waals surface area (Å²) in [4.78, 5) is 30.6. The van der Waals surface area contributed by atoms with Crippen LogP contribution < -0.4 is 0 Å². The molecule has 276 valence electrons. The topological polar surface area (TPSA) is 77.5 Å². The second-order valence-electron chi connectivity index (χ2n) is 15.6. The quantitative estimate of drug-likeness (QED) is 0.151. The van der Waals surface area contributed by atoms with Crippen LogP contribution in [0.15, 0.2) is 36.0 Å². The molecule has 0 aromatic rings. The largest absolute Gasteiger partial charge is 0.457 e. The zero-order chi connectivity index (χ0) is 34.4. The normalized spacial score (nSPS) is 34.8. The monoisotopic (exact) mass is 682 g/mol. The zero-order valence-electron chi connectivity index (χ0n) is 30.9. The van der Waals surface area contributed by atoms with Crippen LogP contribution in [-0.2, 0) is 23.7 Å². The molecule has 0 saturated carbocycles. The van der Waals surface area contributed by atoms with Gasteiger partial charge >= 0.3 is 12.1 Å². The van der Waals surface area contributed by atoms with E-state index in [1.54, 1.807) is 0 Å². The number of rotatable bonds is 7. The summed E-state index contributed by atoms with van der Waals surface area (Å²) in [5.41, 5.74) is 1.36. The molecule has 0 N–H and O–H groups in total. The summed E-state index contributed by atoms with van der Waals surface area (Å²) < 4.78 is 24.9. The van der Waals surface area contributed by atoms with Crippen molar-refractivity contribution in [2.45, 2.75) is 166 Å². The number of esters is 1. The van der Waals surface area contributed by atoms with Gasteiger partial charge in [0.1, 0.15) is 6.10 Å². The molecule has 8 heteroatoms. The number of nitrogens with zero attached hydrogens (tertiary/aromatic N) is 2. The van der Waals surface area contributed by atoms with Gasteiger partial charge in [0.05, 0.1) is 37.4 Å². The lowest BCUT2D eigenvalue weighted by atomic mass is 9.90. The van der Waals surface area contributed by atoms with Crippen molar-refractivity contribution < 1.29 is 28.5 Å². The Hall–Kier alpha value is -2.16. The molecule has 0 aromatic carbocycles. The predicted octanol–water partition coefficient (Wildman–Crippen LogP) is 8.55. The molecular weight excluding hydrogens is 616 g/mol. The van der Waals surface area contributed by atoms with Gasteiger partial charge in [0.2, 0.25) is 0 Å². The van der Waals surface area contributed by atoms with Crippen molar-refractivity contribution in [2.75, 3.05) is 32.8 Å². The Kier molecular flexibility index (Phi) is 15.6. The predicted molar refractivity (Wildman–Crippen MR) is 194 cm³/mol. The fourth-order valence-corrected chi connectivity index (χ4v) is 8.55. The Labute approximate surface area is 297 Å². The van der Waals surface area contributed by atoms with Gasteiger partial charge in [-0.25, -0.2) is 4.79 Å². The van der Waals surface area contributed by atoms with E-state index in [0.29, 0.717) is 18.6 Å². The lowest BCUT2D eigenvalue weighted by molar-refractivity contribution is -0.154. The Morgan fingerprint density at radius 3 is 2.31 bits per heavy atom. The summed E-state index contributed by atoms with van der Waals surface area (Å²) in [5, 5.41) is 0. The van der Waals surface area contributed by atoms with Crippen LogP contribution >= 0.6 is 0 Å². The molecule has 5 aliphatic rings. The van der Waals surface area contributed by atoms with E-state index in [-0.39, 0.29) is 54.9 Å². The number of carbonyl (C=O) groups is 2. The number of amides is 1. The zero-order valence-corrected chi connectivity index (χ0v) is 30.9. The van der Waals surface area contributed by atoms with Crippen LogP contribution in [-0.4, -0.2) is 91.2 Å². The van der Waals surface area contributed by atoms with E-state index in [9.17, 15) is 9.59 Å². The van der Waals surface area contributed by atoms with Gasteiger partial charge in [0.15, 0.2) is 0 Å². The fourth-order valence-electron chi connectivity index (χ4n) is 8.55. The van der Waals surface area contributed by atoms with Crippen LogP contribution in [0.3, 0.4) is 0 Å². The highest BCUT2D eigenvalue weighted by molar-refractivity contribution is 5.70. The number of piperidine rings is 1. The number of hydrogen-bond acceptors (Lipinski definition) is 7. The van der Waals surface area contributed by atoms with Crippen molar-refractivity contribution in [1.82, 2.24) is 9.80 Å². The third-order valence-electron chi connectivity index (χ3n) is 11.5. The smallest absolute Gasteiger partial charge is 0.409 e. The summed E-state index contributed by atoms with van der Waals surface area (Å²) in [6.45, 7) is 10.9. The molecule has 4 bridgehead atoms. The molecule has 8 nitrogen and oxygen atoms in total.